The largest absolute Gasteiger partial charge is 0.394 e. The fourth-order valence-corrected chi connectivity index (χ4v) is 0.988. The van der Waals surface area contributed by atoms with Gasteiger partial charge in [-0.05, 0) is 0 Å². The standard InChI is InChI=1S/C4H6INO2S/c1-6-3-9-2-4(7)8-5/h3H,2H2,1H3/b6-3+. The average molecular weight is 259 g/mol. The van der Waals surface area contributed by atoms with Crippen LogP contribution in [0.4, 0.5) is 0 Å². The van der Waals surface area contributed by atoms with Crippen LogP contribution in [0.3, 0.4) is 0 Å². The quantitative estimate of drug-likeness (QED) is 0.435. The van der Waals surface area contributed by atoms with Gasteiger partial charge in [-0.3, -0.25) is 9.79 Å². The first-order valence-corrected chi connectivity index (χ1v) is 4.08. The van der Waals surface area contributed by atoms with E-state index < -0.39 is 0 Å². The molecule has 0 aromatic carbocycles. The molecule has 0 radical (unpaired) electrons. The number of halogens is 1. The van der Waals surface area contributed by atoms with Gasteiger partial charge in [0.15, 0.2) is 23.0 Å². The molecule has 0 saturated heterocycles. The SMILES string of the molecule is C/N=C/SCC(=O)OI. The Morgan fingerprint density at radius 3 is 3.11 bits per heavy atom. The Bertz CT molecular complexity index is 117. The second-order valence-electron chi connectivity index (χ2n) is 1.12. The van der Waals surface area contributed by atoms with Gasteiger partial charge < -0.3 is 3.07 Å². The van der Waals surface area contributed by atoms with Gasteiger partial charge in [0.2, 0.25) is 0 Å². The maximum atomic E-state index is 10.4. The molecule has 0 saturated carbocycles. The first-order chi connectivity index (χ1) is 4.31. The summed E-state index contributed by atoms with van der Waals surface area (Å²) < 4.78 is 4.35. The summed E-state index contributed by atoms with van der Waals surface area (Å²) in [4.78, 5) is 14.0. The van der Waals surface area contributed by atoms with Crippen molar-refractivity contribution in [3.63, 3.8) is 0 Å². The Balaban J connectivity index is 3.17. The Morgan fingerprint density at radius 2 is 2.67 bits per heavy atom. The number of rotatable bonds is 3. The van der Waals surface area contributed by atoms with Crippen LogP contribution < -0.4 is 0 Å². The second kappa shape index (κ2) is 6.34. The van der Waals surface area contributed by atoms with Crippen LogP contribution in [0.2, 0.25) is 0 Å². The first-order valence-electron chi connectivity index (χ1n) is 2.15. The van der Waals surface area contributed by atoms with Crippen molar-refractivity contribution >= 4 is 46.3 Å². The van der Waals surface area contributed by atoms with Crippen molar-refractivity contribution in [3.8, 4) is 0 Å². The lowest BCUT2D eigenvalue weighted by atomic mass is 10.8. The minimum Gasteiger partial charge on any atom is -0.394 e. The molecule has 0 amide bonds. The minimum absolute atomic E-state index is 0.236. The van der Waals surface area contributed by atoms with Crippen molar-refractivity contribution in [2.75, 3.05) is 12.8 Å². The normalized spacial score (nSPS) is 10.0. The van der Waals surface area contributed by atoms with E-state index in [-0.39, 0.29) is 5.97 Å². The lowest BCUT2D eigenvalue weighted by molar-refractivity contribution is -0.128. The van der Waals surface area contributed by atoms with E-state index in [0.29, 0.717) is 5.75 Å². The molecule has 0 atom stereocenters. The molecule has 0 rings (SSSR count). The van der Waals surface area contributed by atoms with Gasteiger partial charge in [0.25, 0.3) is 0 Å². The van der Waals surface area contributed by atoms with E-state index in [1.165, 1.54) is 11.8 Å². The van der Waals surface area contributed by atoms with Gasteiger partial charge in [-0.2, -0.15) is 0 Å². The zero-order chi connectivity index (χ0) is 7.11. The topological polar surface area (TPSA) is 38.7 Å². The first kappa shape index (κ1) is 9.22. The van der Waals surface area contributed by atoms with Crippen LogP contribution in [-0.2, 0) is 7.86 Å². The van der Waals surface area contributed by atoms with Gasteiger partial charge in [0, 0.05) is 7.05 Å². The molecule has 0 aliphatic heterocycles. The second-order valence-corrected chi connectivity index (χ2v) is 2.40. The number of nitrogens with zero attached hydrogens (tertiary/aromatic N) is 1. The molecule has 0 N–H and O–H groups in total. The zero-order valence-electron chi connectivity index (χ0n) is 4.83. The predicted molar refractivity (Wildman–Crippen MR) is 47.0 cm³/mol. The van der Waals surface area contributed by atoms with E-state index in [1.807, 2.05) is 0 Å². The van der Waals surface area contributed by atoms with Crippen LogP contribution >= 0.6 is 34.8 Å². The summed E-state index contributed by atoms with van der Waals surface area (Å²) in [5, 5.41) is 0. The monoisotopic (exact) mass is 259 g/mol. The molecule has 0 aromatic heterocycles. The third-order valence-corrected chi connectivity index (χ3v) is 1.72. The van der Waals surface area contributed by atoms with Gasteiger partial charge in [-0.25, -0.2) is 0 Å². The van der Waals surface area contributed by atoms with Crippen LogP contribution in [0.25, 0.3) is 0 Å². The zero-order valence-corrected chi connectivity index (χ0v) is 7.81. The molecule has 3 nitrogen and oxygen atoms in total. The molecule has 0 spiro atoms. The molecule has 0 aliphatic rings. The number of carbonyl (C=O) groups is 1. The average Bonchev–Trinajstić information content (AvgIpc) is 1.89. The van der Waals surface area contributed by atoms with Crippen molar-refractivity contribution in [3.05, 3.63) is 0 Å². The summed E-state index contributed by atoms with van der Waals surface area (Å²) in [6.07, 6.45) is 0. The third-order valence-electron chi connectivity index (χ3n) is 0.467. The predicted octanol–water partition coefficient (Wildman–Crippen LogP) is 1.27. The van der Waals surface area contributed by atoms with E-state index >= 15 is 0 Å². The maximum absolute atomic E-state index is 10.4. The Labute approximate surface area is 71.9 Å². The van der Waals surface area contributed by atoms with E-state index in [4.69, 9.17) is 0 Å². The molecule has 9 heavy (non-hydrogen) atoms. The highest BCUT2D eigenvalue weighted by Crippen LogP contribution is 1.97. The lowest BCUT2D eigenvalue weighted by Crippen LogP contribution is -1.98. The highest BCUT2D eigenvalue weighted by Gasteiger charge is 1.97. The van der Waals surface area contributed by atoms with Crippen LogP contribution in [0, 0.1) is 0 Å². The number of hydrogen-bond donors (Lipinski definition) is 0. The molecule has 0 bridgehead atoms. The summed E-state index contributed by atoms with van der Waals surface area (Å²) in [5.74, 6) is 0.0980. The lowest BCUT2D eigenvalue weighted by Gasteiger charge is -1.89. The van der Waals surface area contributed by atoms with Crippen molar-refractivity contribution in [2.24, 2.45) is 4.99 Å². The van der Waals surface area contributed by atoms with Gasteiger partial charge in [0.05, 0.1) is 11.3 Å². The van der Waals surface area contributed by atoms with E-state index in [9.17, 15) is 4.79 Å². The smallest absolute Gasteiger partial charge is 0.325 e. The van der Waals surface area contributed by atoms with Crippen molar-refractivity contribution in [2.45, 2.75) is 0 Å². The van der Waals surface area contributed by atoms with Crippen LogP contribution in [-0.4, -0.2) is 24.3 Å². The van der Waals surface area contributed by atoms with E-state index in [1.54, 1.807) is 35.6 Å². The molecule has 5 heteroatoms. The van der Waals surface area contributed by atoms with Gasteiger partial charge in [-0.15, -0.1) is 11.8 Å². The molecule has 0 aromatic rings. The Hall–Kier alpha value is 0.220. The number of aliphatic imine (C=N–C) groups is 1. The van der Waals surface area contributed by atoms with Gasteiger partial charge in [-0.1, -0.05) is 0 Å². The highest BCUT2D eigenvalue weighted by atomic mass is 127. The molecule has 0 heterocycles. The van der Waals surface area contributed by atoms with Crippen LogP contribution in [0.1, 0.15) is 0 Å². The number of carbonyl (C=O) groups excluding carboxylic acids is 1. The van der Waals surface area contributed by atoms with E-state index in [0.717, 1.165) is 0 Å². The van der Waals surface area contributed by atoms with Crippen LogP contribution in [0.5, 0.6) is 0 Å². The van der Waals surface area contributed by atoms with Gasteiger partial charge >= 0.3 is 5.97 Å². The fraction of sp³-hybridized carbons (Fsp3) is 0.500. The highest BCUT2D eigenvalue weighted by molar-refractivity contribution is 14.1. The van der Waals surface area contributed by atoms with Crippen LogP contribution in [0.15, 0.2) is 4.99 Å². The molecule has 0 fully saturated rings. The van der Waals surface area contributed by atoms with Crippen molar-refractivity contribution in [1.82, 2.24) is 0 Å². The maximum Gasteiger partial charge on any atom is 0.325 e. The van der Waals surface area contributed by atoms with E-state index in [2.05, 4.69) is 8.06 Å². The van der Waals surface area contributed by atoms with Gasteiger partial charge in [0.1, 0.15) is 0 Å². The molecular weight excluding hydrogens is 253 g/mol. The molecule has 52 valence electrons. The summed E-state index contributed by atoms with van der Waals surface area (Å²) in [7, 11) is 1.66. The summed E-state index contributed by atoms with van der Waals surface area (Å²) in [6, 6.07) is 0. The molecule has 0 unspecified atom stereocenters. The fourth-order valence-electron chi connectivity index (χ4n) is 0.202. The Kier molecular flexibility index (Phi) is 6.50. The molecule has 0 aliphatic carbocycles. The van der Waals surface area contributed by atoms with Crippen molar-refractivity contribution in [1.29, 1.82) is 0 Å². The number of hydrogen-bond acceptors (Lipinski definition) is 4. The number of thioether (sulfide) groups is 1. The summed E-state index contributed by atoms with van der Waals surface area (Å²) in [6.45, 7) is 0. The molecular formula is C4H6INO2S. The third kappa shape index (κ3) is 6.10. The summed E-state index contributed by atoms with van der Waals surface area (Å²) in [5.41, 5.74) is 1.60. The summed E-state index contributed by atoms with van der Waals surface area (Å²) >= 11 is 2.87. The van der Waals surface area contributed by atoms with Crippen molar-refractivity contribution < 1.29 is 7.86 Å². The minimum atomic E-state index is -0.236. The Morgan fingerprint density at radius 1 is 2.00 bits per heavy atom.